The molecule has 1 fully saturated rings. The largest absolute Gasteiger partial charge is 0.377 e. The summed E-state index contributed by atoms with van der Waals surface area (Å²) in [4.78, 5) is 13.0. The molecule has 2 aromatic carbocycles. The van der Waals surface area contributed by atoms with Gasteiger partial charge in [0.1, 0.15) is 0 Å². The first kappa shape index (κ1) is 14.5. The molecule has 0 N–H and O–H groups in total. The molecule has 21 heavy (non-hydrogen) atoms. The number of hydrogen-bond donors (Lipinski definition) is 0. The number of ketones is 1. The van der Waals surface area contributed by atoms with Crippen LogP contribution in [0.2, 0.25) is 0 Å². The van der Waals surface area contributed by atoms with Crippen molar-refractivity contribution in [3.63, 3.8) is 0 Å². The highest BCUT2D eigenvalue weighted by Gasteiger charge is 2.34. The Morgan fingerprint density at radius 3 is 2.48 bits per heavy atom. The first-order valence-electron chi connectivity index (χ1n) is 7.22. The predicted molar refractivity (Wildman–Crippen MR) is 86.6 cm³/mol. The highest BCUT2D eigenvalue weighted by Crippen LogP contribution is 2.35. The van der Waals surface area contributed by atoms with Crippen LogP contribution in [-0.2, 0) is 4.74 Å². The molecule has 108 valence electrons. The number of carbonyl (C=O) groups excluding carboxylic acids is 1. The van der Waals surface area contributed by atoms with E-state index in [0.29, 0.717) is 0 Å². The van der Waals surface area contributed by atoms with Crippen LogP contribution < -0.4 is 0 Å². The van der Waals surface area contributed by atoms with E-state index in [4.69, 9.17) is 4.74 Å². The summed E-state index contributed by atoms with van der Waals surface area (Å²) < 4.78 is 6.79. The number of halogens is 1. The molecular weight excluding hydrogens is 328 g/mol. The van der Waals surface area contributed by atoms with Gasteiger partial charge >= 0.3 is 0 Å². The van der Waals surface area contributed by atoms with Crippen LogP contribution in [0.15, 0.2) is 59.1 Å². The molecule has 2 unspecified atom stereocenters. The number of ether oxygens (including phenoxy) is 1. The highest BCUT2D eigenvalue weighted by molar-refractivity contribution is 9.10. The monoisotopic (exact) mass is 344 g/mol. The number of rotatable bonds is 4. The Hall–Kier alpha value is -1.45. The lowest BCUT2D eigenvalue weighted by Gasteiger charge is -2.23. The number of benzene rings is 2. The van der Waals surface area contributed by atoms with Gasteiger partial charge in [-0.25, -0.2) is 0 Å². The fourth-order valence-corrected chi connectivity index (χ4v) is 3.42. The van der Waals surface area contributed by atoms with Crippen molar-refractivity contribution in [2.45, 2.75) is 24.9 Å². The molecule has 0 spiro atoms. The zero-order valence-electron chi connectivity index (χ0n) is 11.7. The van der Waals surface area contributed by atoms with Crippen LogP contribution in [0.5, 0.6) is 0 Å². The van der Waals surface area contributed by atoms with Gasteiger partial charge in [0.05, 0.1) is 12.0 Å². The van der Waals surface area contributed by atoms with Gasteiger partial charge in [0.15, 0.2) is 5.78 Å². The number of hydrogen-bond acceptors (Lipinski definition) is 2. The third kappa shape index (κ3) is 3.09. The van der Waals surface area contributed by atoms with E-state index in [0.717, 1.165) is 35.0 Å². The van der Waals surface area contributed by atoms with Gasteiger partial charge in [0.2, 0.25) is 0 Å². The lowest BCUT2D eigenvalue weighted by atomic mass is 9.85. The maximum absolute atomic E-state index is 13.0. The average molecular weight is 345 g/mol. The number of carbonyl (C=O) groups is 1. The summed E-state index contributed by atoms with van der Waals surface area (Å²) >= 11 is 3.58. The molecule has 1 saturated heterocycles. The van der Waals surface area contributed by atoms with E-state index < -0.39 is 0 Å². The molecule has 0 saturated carbocycles. The van der Waals surface area contributed by atoms with Gasteiger partial charge in [-0.15, -0.1) is 0 Å². The fraction of sp³-hybridized carbons (Fsp3) is 0.278. The first-order valence-corrected chi connectivity index (χ1v) is 8.02. The first-order chi connectivity index (χ1) is 10.3. The number of Topliss-reactive ketones (excluding diaryl/α,β-unsaturated/α-hetero) is 1. The van der Waals surface area contributed by atoms with E-state index in [-0.39, 0.29) is 17.8 Å². The summed E-state index contributed by atoms with van der Waals surface area (Å²) in [6, 6.07) is 17.4. The van der Waals surface area contributed by atoms with Crippen LogP contribution >= 0.6 is 15.9 Å². The third-order valence-corrected chi connectivity index (χ3v) is 4.64. The average Bonchev–Trinajstić information content (AvgIpc) is 3.04. The topological polar surface area (TPSA) is 26.3 Å². The maximum Gasteiger partial charge on any atom is 0.172 e. The van der Waals surface area contributed by atoms with Crippen molar-refractivity contribution in [1.29, 1.82) is 0 Å². The van der Waals surface area contributed by atoms with E-state index in [1.807, 2.05) is 54.6 Å². The van der Waals surface area contributed by atoms with E-state index in [9.17, 15) is 4.79 Å². The molecule has 1 heterocycles. The minimum Gasteiger partial charge on any atom is -0.377 e. The Bertz CT molecular complexity index is 618. The van der Waals surface area contributed by atoms with Crippen LogP contribution in [0.4, 0.5) is 0 Å². The summed E-state index contributed by atoms with van der Waals surface area (Å²) in [5.74, 6) is -0.111. The van der Waals surface area contributed by atoms with Gasteiger partial charge in [0, 0.05) is 16.6 Å². The van der Waals surface area contributed by atoms with E-state index in [2.05, 4.69) is 15.9 Å². The fourth-order valence-electron chi connectivity index (χ4n) is 2.89. The Morgan fingerprint density at radius 2 is 1.81 bits per heavy atom. The van der Waals surface area contributed by atoms with Crippen molar-refractivity contribution >= 4 is 21.7 Å². The Morgan fingerprint density at radius 1 is 1.10 bits per heavy atom. The molecule has 2 atom stereocenters. The molecule has 3 rings (SSSR count). The lowest BCUT2D eigenvalue weighted by molar-refractivity contribution is 0.0675. The molecule has 1 aliphatic rings. The van der Waals surface area contributed by atoms with Crippen molar-refractivity contribution in [2.24, 2.45) is 0 Å². The predicted octanol–water partition coefficient (Wildman–Crippen LogP) is 4.59. The molecule has 0 aromatic heterocycles. The van der Waals surface area contributed by atoms with Crippen LogP contribution in [0.25, 0.3) is 0 Å². The van der Waals surface area contributed by atoms with Gasteiger partial charge in [-0.1, -0.05) is 64.5 Å². The minimum absolute atomic E-state index is 0.0311. The smallest absolute Gasteiger partial charge is 0.172 e. The Balaban J connectivity index is 2.00. The Kier molecular flexibility index (Phi) is 4.51. The van der Waals surface area contributed by atoms with Crippen LogP contribution in [0.1, 0.15) is 34.7 Å². The van der Waals surface area contributed by atoms with E-state index in [1.54, 1.807) is 0 Å². The van der Waals surface area contributed by atoms with E-state index in [1.165, 1.54) is 0 Å². The molecule has 1 aliphatic heterocycles. The summed E-state index contributed by atoms with van der Waals surface area (Å²) in [6.07, 6.45) is 1.93. The minimum atomic E-state index is -0.245. The third-order valence-electron chi connectivity index (χ3n) is 3.92. The second kappa shape index (κ2) is 6.54. The summed E-state index contributed by atoms with van der Waals surface area (Å²) in [5, 5.41) is 0. The maximum atomic E-state index is 13.0. The second-order valence-corrected chi connectivity index (χ2v) is 6.14. The SMILES string of the molecule is O=C(c1ccccc1)C(c1ccccc1Br)C1CCCO1. The van der Waals surface area contributed by atoms with Gasteiger partial charge in [-0.2, -0.15) is 0 Å². The second-order valence-electron chi connectivity index (χ2n) is 5.28. The molecule has 2 nitrogen and oxygen atoms in total. The molecule has 2 aromatic rings. The van der Waals surface area contributed by atoms with E-state index >= 15 is 0 Å². The zero-order valence-corrected chi connectivity index (χ0v) is 13.3. The van der Waals surface area contributed by atoms with Crippen molar-refractivity contribution in [3.05, 3.63) is 70.2 Å². The van der Waals surface area contributed by atoms with Gasteiger partial charge in [-0.05, 0) is 24.5 Å². The summed E-state index contributed by atoms with van der Waals surface area (Å²) in [7, 11) is 0. The molecular formula is C18H17BrO2. The van der Waals surface area contributed by atoms with Crippen molar-refractivity contribution in [3.8, 4) is 0 Å². The Labute approximate surface area is 133 Å². The van der Waals surface area contributed by atoms with Crippen molar-refractivity contribution in [1.82, 2.24) is 0 Å². The van der Waals surface area contributed by atoms with Gasteiger partial charge < -0.3 is 4.74 Å². The molecule has 0 bridgehead atoms. The highest BCUT2D eigenvalue weighted by atomic mass is 79.9. The van der Waals surface area contributed by atoms with Crippen LogP contribution in [-0.4, -0.2) is 18.5 Å². The van der Waals surface area contributed by atoms with Gasteiger partial charge in [-0.3, -0.25) is 4.79 Å². The van der Waals surface area contributed by atoms with Gasteiger partial charge in [0.25, 0.3) is 0 Å². The molecule has 3 heteroatoms. The normalized spacial score (nSPS) is 19.4. The van der Waals surface area contributed by atoms with Crippen molar-refractivity contribution in [2.75, 3.05) is 6.61 Å². The molecule has 0 amide bonds. The zero-order chi connectivity index (χ0) is 14.7. The summed E-state index contributed by atoms with van der Waals surface area (Å²) in [5.41, 5.74) is 1.76. The quantitative estimate of drug-likeness (QED) is 0.758. The lowest BCUT2D eigenvalue weighted by Crippen LogP contribution is -2.26. The molecule has 0 aliphatic carbocycles. The van der Waals surface area contributed by atoms with Crippen LogP contribution in [0, 0.1) is 0 Å². The molecule has 0 radical (unpaired) electrons. The van der Waals surface area contributed by atoms with Crippen LogP contribution in [0.3, 0.4) is 0 Å². The summed E-state index contributed by atoms with van der Waals surface area (Å²) in [6.45, 7) is 0.744. The standard InChI is InChI=1S/C18H17BrO2/c19-15-10-5-4-9-14(15)17(16-11-6-12-21-16)18(20)13-7-2-1-3-8-13/h1-5,7-10,16-17H,6,11-12H2. The van der Waals surface area contributed by atoms with Crippen molar-refractivity contribution < 1.29 is 9.53 Å².